The highest BCUT2D eigenvalue weighted by molar-refractivity contribution is 5.98. The molecular weight excluding hydrogens is 1730 g/mol. The molecule has 19 rings (SSSR count). The van der Waals surface area contributed by atoms with Gasteiger partial charge in [-0.3, -0.25) is 33.7 Å². The molecule has 15 aromatic rings. The van der Waals surface area contributed by atoms with E-state index in [2.05, 4.69) is 105 Å². The summed E-state index contributed by atoms with van der Waals surface area (Å²) in [5, 5.41) is 20.0. The third kappa shape index (κ3) is 19.7. The smallest absolute Gasteiger partial charge is 0.416 e. The lowest BCUT2D eigenvalue weighted by atomic mass is 9.86. The number of nitrogens with zero attached hydrogens (tertiary/aromatic N) is 12. The second kappa shape index (κ2) is 38.5. The molecule has 0 N–H and O–H groups in total. The Hall–Kier alpha value is -15.3. The summed E-state index contributed by atoms with van der Waals surface area (Å²) < 4.78 is 54.2. The maximum absolute atomic E-state index is 13.6. The van der Waals surface area contributed by atoms with E-state index in [1.54, 1.807) is 43.9 Å². The molecule has 138 heavy (non-hydrogen) atoms. The zero-order valence-corrected chi connectivity index (χ0v) is 81.5. The average Bonchev–Trinajstić information content (AvgIpc) is 1.60. The Labute approximate surface area is 803 Å². The van der Waals surface area contributed by atoms with Gasteiger partial charge in [0, 0.05) is 90.1 Å². The lowest BCUT2D eigenvalue weighted by Gasteiger charge is -2.24. The van der Waals surface area contributed by atoms with Crippen LogP contribution in [0, 0.1) is 62.3 Å². The van der Waals surface area contributed by atoms with Gasteiger partial charge < -0.3 is 19.4 Å². The molecule has 11 aromatic carbocycles. The molecule has 4 aliphatic heterocycles. The third-order valence-electron chi connectivity index (χ3n) is 26.0. The summed E-state index contributed by atoms with van der Waals surface area (Å²) in [7, 11) is 0. The van der Waals surface area contributed by atoms with Crippen molar-refractivity contribution >= 4 is 46.7 Å². The number of amides is 3. The van der Waals surface area contributed by atoms with Crippen molar-refractivity contribution in [1.29, 1.82) is 0 Å². The number of aromatic nitrogens is 8. The summed E-state index contributed by atoms with van der Waals surface area (Å²) in [5.41, 5.74) is 33.0. The van der Waals surface area contributed by atoms with E-state index in [0.717, 1.165) is 157 Å². The molecule has 4 aromatic heterocycles. The molecule has 0 saturated carbocycles. The first-order valence-electron chi connectivity index (χ1n) is 46.4. The molecule has 8 heterocycles. The molecule has 0 saturated heterocycles. The highest BCUT2D eigenvalue weighted by Gasteiger charge is 2.40. The van der Waals surface area contributed by atoms with Gasteiger partial charge in [0.1, 0.15) is 5.60 Å². The van der Waals surface area contributed by atoms with Gasteiger partial charge in [-0.25, -0.2) is 23.5 Å². The fraction of sp³-hybridized carbons (Fsp3) is 0.261. The minimum absolute atomic E-state index is 0.00472. The number of fused-ring (bicyclic) bond motifs is 4. The van der Waals surface area contributed by atoms with E-state index in [1.165, 1.54) is 31.5 Å². The van der Waals surface area contributed by atoms with Crippen LogP contribution in [-0.2, 0) is 68.7 Å². The number of hydrogen-bond acceptors (Lipinski definition) is 13. The summed E-state index contributed by atoms with van der Waals surface area (Å²) in [5.74, 6) is 0.103. The molecular formula is C115H113F3N12O8. The molecule has 20 nitrogen and oxygen atoms in total. The van der Waals surface area contributed by atoms with Crippen molar-refractivity contribution in [2.75, 3.05) is 4.90 Å². The second-order valence-corrected chi connectivity index (χ2v) is 38.4. The minimum atomic E-state index is -4.41. The predicted molar refractivity (Wildman–Crippen MR) is 534 cm³/mol. The number of ketones is 4. The summed E-state index contributed by atoms with van der Waals surface area (Å²) in [6.07, 6.45) is -4.75. The number of anilines is 1. The first kappa shape index (κ1) is 95.9. The van der Waals surface area contributed by atoms with Crippen LogP contribution in [-0.4, -0.2) is 100 Å². The van der Waals surface area contributed by atoms with Crippen molar-refractivity contribution in [3.8, 4) is 67.8 Å². The fourth-order valence-corrected chi connectivity index (χ4v) is 18.8. The Morgan fingerprint density at radius 2 is 0.580 bits per heavy atom. The van der Waals surface area contributed by atoms with Gasteiger partial charge in [0.05, 0.1) is 120 Å². The van der Waals surface area contributed by atoms with Crippen LogP contribution < -0.4 is 4.90 Å². The Morgan fingerprint density at radius 3 is 0.877 bits per heavy atom. The topological polar surface area (TPSA) is 213 Å². The van der Waals surface area contributed by atoms with Gasteiger partial charge in [0.25, 0.3) is 11.8 Å². The lowest BCUT2D eigenvalue weighted by Crippen LogP contribution is -2.33. The van der Waals surface area contributed by atoms with E-state index in [-0.39, 0.29) is 52.0 Å². The largest absolute Gasteiger partial charge is 0.444 e. The molecule has 0 aliphatic carbocycles. The maximum atomic E-state index is 13.6. The van der Waals surface area contributed by atoms with E-state index < -0.39 is 17.3 Å². The first-order valence-corrected chi connectivity index (χ1v) is 46.4. The molecule has 0 atom stereocenters. The second-order valence-electron chi connectivity index (χ2n) is 38.4. The normalized spacial score (nSPS) is 13.1. The summed E-state index contributed by atoms with van der Waals surface area (Å²) in [4.78, 5) is 93.8. The molecule has 4 aliphatic rings. The van der Waals surface area contributed by atoms with E-state index in [4.69, 9.17) is 25.1 Å². The van der Waals surface area contributed by atoms with E-state index >= 15 is 0 Å². The van der Waals surface area contributed by atoms with Crippen molar-refractivity contribution in [3.63, 3.8) is 0 Å². The third-order valence-corrected chi connectivity index (χ3v) is 26.0. The van der Waals surface area contributed by atoms with Crippen molar-refractivity contribution in [2.24, 2.45) is 0 Å². The summed E-state index contributed by atoms with van der Waals surface area (Å²) in [6.45, 7) is 40.0. The molecule has 0 unspecified atom stereocenters. The van der Waals surface area contributed by atoms with Crippen molar-refractivity contribution in [1.82, 2.24) is 53.8 Å². The number of Topliss-reactive ketones (excluding diaryl/α,β-unsaturated/α-hetero) is 4. The number of para-hydroxylation sites is 4. The van der Waals surface area contributed by atoms with Gasteiger partial charge in [0.15, 0.2) is 23.1 Å². The van der Waals surface area contributed by atoms with E-state index in [0.29, 0.717) is 91.4 Å². The molecule has 0 radical (unpaired) electrons. The standard InChI is InChI=1S/C32H33N3O2.C29H26F3N3O.C28H25N3O2.C26H29N3O3/c1-20-8-7-9-21(2)29(20)35-30(24-12-10-23(11-13-24)22(3)36)27-18-34(19-28(27)33-35)31(37)25-14-16-26(17-15-25)32(4,5)6;1-17-8-13-23(14-25(17)29(30,31)32)34-15-24-26(16-34)33-35(27-18(2)6-5-7-19(27)3)28(24)22-11-9-21(10-12-22)20(4)36;1-18-8-7-9-19(2)26(18)31-27(22-14-12-21(13-15-22)20(3)32)24-16-30(17-25(24)29-31)28(33)23-10-5-4-6-11-23;1-16-8-7-9-17(2)23(16)29-24(20-12-10-19(11-13-20)18(3)30)21-14-28(15-22(21)27-29)25(31)32-26(4,5)6/h7-17H,18-19H2,1-6H3;5-14H,15-16H2,1-4H3;4-15H,16-17H2,1-3H3;7-13H,14-15H2,1-6H3. The van der Waals surface area contributed by atoms with Crippen molar-refractivity contribution < 1.29 is 51.5 Å². The first-order chi connectivity index (χ1) is 65.6. The zero-order valence-electron chi connectivity index (χ0n) is 81.5. The van der Waals surface area contributed by atoms with Crippen LogP contribution >= 0.6 is 0 Å². The number of ether oxygens (including phenoxy) is 1. The molecule has 0 spiro atoms. The monoisotopic (exact) mass is 1850 g/mol. The number of rotatable bonds is 15. The van der Waals surface area contributed by atoms with Crippen LogP contribution in [0.3, 0.4) is 0 Å². The minimum Gasteiger partial charge on any atom is -0.444 e. The number of hydrogen-bond donors (Lipinski definition) is 0. The van der Waals surface area contributed by atoms with Gasteiger partial charge in [-0.1, -0.05) is 227 Å². The Morgan fingerprint density at radius 1 is 0.297 bits per heavy atom. The SMILES string of the molecule is CC(=O)c1ccc(-c2c3c(nn2-c2c(C)cccc2C)CN(C(=O)OC(C)(C)C)C3)cc1.CC(=O)c1ccc(-c2c3c(nn2-c2c(C)cccc2C)CN(C(=O)c2ccc(C(C)(C)C)cc2)C3)cc1.CC(=O)c1ccc(-c2c3c(nn2-c2c(C)cccc2C)CN(C(=O)c2ccccc2)C3)cc1.CC(=O)c1ccc(-c2c3c(nn2-c2c(C)cccc2C)CN(c2ccc(C)c(C(F)(F)F)c2)C3)cc1. The summed E-state index contributed by atoms with van der Waals surface area (Å²) >= 11 is 0. The number of carbonyl (C=O) groups is 7. The van der Waals surface area contributed by atoms with Gasteiger partial charge >= 0.3 is 12.3 Å². The lowest BCUT2D eigenvalue weighted by molar-refractivity contribution is -0.138. The van der Waals surface area contributed by atoms with Crippen LogP contribution in [0.25, 0.3) is 67.8 Å². The van der Waals surface area contributed by atoms with Gasteiger partial charge in [-0.05, 0) is 208 Å². The Kier molecular flexibility index (Phi) is 26.7. The van der Waals surface area contributed by atoms with Crippen LogP contribution in [0.4, 0.5) is 23.7 Å². The molecule has 702 valence electrons. The summed E-state index contributed by atoms with van der Waals surface area (Å²) in [6, 6.07) is 76.9. The number of benzene rings is 11. The van der Waals surface area contributed by atoms with Crippen molar-refractivity contribution in [3.05, 3.63) is 382 Å². The predicted octanol–water partition coefficient (Wildman–Crippen LogP) is 25.1. The fourth-order valence-electron chi connectivity index (χ4n) is 18.8. The Bertz CT molecular complexity index is 7210. The highest BCUT2D eigenvalue weighted by atomic mass is 19.4. The number of alkyl halides is 3. The van der Waals surface area contributed by atoms with E-state index in [1.807, 2.05) is 238 Å². The maximum Gasteiger partial charge on any atom is 0.416 e. The highest BCUT2D eigenvalue weighted by Crippen LogP contribution is 2.45. The van der Waals surface area contributed by atoms with Gasteiger partial charge in [-0.15, -0.1) is 0 Å². The average molecular weight is 1850 g/mol. The van der Waals surface area contributed by atoms with Crippen LogP contribution in [0.2, 0.25) is 0 Å². The number of halogens is 3. The molecule has 0 fully saturated rings. The molecule has 3 amide bonds. The van der Waals surface area contributed by atoms with Crippen LogP contribution in [0.15, 0.2) is 243 Å². The molecule has 0 bridgehead atoms. The number of aryl methyl sites for hydroxylation is 9. The zero-order chi connectivity index (χ0) is 98.6. The van der Waals surface area contributed by atoms with Crippen LogP contribution in [0.1, 0.15) is 238 Å². The Balaban J connectivity index is 0.000000133. The van der Waals surface area contributed by atoms with Gasteiger partial charge in [-0.2, -0.15) is 33.6 Å². The van der Waals surface area contributed by atoms with E-state index in [9.17, 15) is 46.7 Å². The molecule has 23 heteroatoms. The van der Waals surface area contributed by atoms with Gasteiger partial charge in [0.2, 0.25) is 0 Å². The van der Waals surface area contributed by atoms with Crippen LogP contribution in [0.5, 0.6) is 0 Å². The van der Waals surface area contributed by atoms with Crippen molar-refractivity contribution in [2.45, 2.75) is 201 Å². The quantitative estimate of drug-likeness (QED) is 0.0875. The number of carbonyl (C=O) groups excluding carboxylic acids is 7.